The van der Waals surface area contributed by atoms with Gasteiger partial charge in [0.05, 0.1) is 6.61 Å². The van der Waals surface area contributed by atoms with Gasteiger partial charge in [0.1, 0.15) is 11.4 Å². The summed E-state index contributed by atoms with van der Waals surface area (Å²) in [5.41, 5.74) is -0.175. The van der Waals surface area contributed by atoms with Gasteiger partial charge in [0.25, 0.3) is 0 Å². The standard InChI is InChI=1S/C15H15FO2/c1-18-11-15(17,12-6-3-2-4-7-12)13-8-5-9-14(16)10-13/h2-10,17H,11H2,1H3. The minimum atomic E-state index is -1.34. The van der Waals surface area contributed by atoms with Gasteiger partial charge in [0.2, 0.25) is 0 Å². The van der Waals surface area contributed by atoms with Gasteiger partial charge in [-0.3, -0.25) is 0 Å². The van der Waals surface area contributed by atoms with Crippen LogP contribution in [0.5, 0.6) is 0 Å². The number of methoxy groups -OCH3 is 1. The Hall–Kier alpha value is -1.71. The lowest BCUT2D eigenvalue weighted by atomic mass is 9.87. The van der Waals surface area contributed by atoms with E-state index in [0.29, 0.717) is 11.1 Å². The van der Waals surface area contributed by atoms with E-state index in [-0.39, 0.29) is 12.4 Å². The molecule has 0 spiro atoms. The third-order valence-corrected chi connectivity index (χ3v) is 2.91. The second-order valence-corrected chi connectivity index (χ2v) is 4.17. The molecular formula is C15H15FO2. The van der Waals surface area contributed by atoms with Gasteiger partial charge in [-0.15, -0.1) is 0 Å². The van der Waals surface area contributed by atoms with E-state index in [4.69, 9.17) is 4.74 Å². The minimum Gasteiger partial charge on any atom is -0.381 e. The first kappa shape index (κ1) is 12.7. The zero-order valence-electron chi connectivity index (χ0n) is 10.1. The van der Waals surface area contributed by atoms with Gasteiger partial charge in [0, 0.05) is 7.11 Å². The Kier molecular flexibility index (Phi) is 3.75. The topological polar surface area (TPSA) is 29.5 Å². The monoisotopic (exact) mass is 246 g/mol. The van der Waals surface area contributed by atoms with Gasteiger partial charge in [-0.25, -0.2) is 4.39 Å². The molecule has 0 aliphatic rings. The van der Waals surface area contributed by atoms with Crippen LogP contribution in [0.3, 0.4) is 0 Å². The summed E-state index contributed by atoms with van der Waals surface area (Å²) in [7, 11) is 1.51. The van der Waals surface area contributed by atoms with E-state index in [9.17, 15) is 9.50 Å². The van der Waals surface area contributed by atoms with E-state index in [2.05, 4.69) is 0 Å². The molecule has 0 saturated carbocycles. The van der Waals surface area contributed by atoms with Gasteiger partial charge in [-0.05, 0) is 23.3 Å². The maximum atomic E-state index is 13.3. The first-order valence-electron chi connectivity index (χ1n) is 5.70. The third kappa shape index (κ3) is 2.42. The maximum Gasteiger partial charge on any atom is 0.138 e. The lowest BCUT2D eigenvalue weighted by Crippen LogP contribution is -2.32. The number of rotatable bonds is 4. The fraction of sp³-hybridized carbons (Fsp3) is 0.200. The Morgan fingerprint density at radius 2 is 1.72 bits per heavy atom. The van der Waals surface area contributed by atoms with E-state index in [1.165, 1.54) is 19.2 Å². The molecule has 2 rings (SSSR count). The molecule has 0 radical (unpaired) electrons. The Labute approximate surface area is 106 Å². The Morgan fingerprint density at radius 1 is 1.06 bits per heavy atom. The van der Waals surface area contributed by atoms with Crippen molar-refractivity contribution in [2.24, 2.45) is 0 Å². The average molecular weight is 246 g/mol. The van der Waals surface area contributed by atoms with Crippen LogP contribution in [-0.4, -0.2) is 18.8 Å². The van der Waals surface area contributed by atoms with Gasteiger partial charge in [-0.2, -0.15) is 0 Å². The molecule has 0 aromatic heterocycles. The van der Waals surface area contributed by atoms with Crippen LogP contribution in [0.25, 0.3) is 0 Å². The van der Waals surface area contributed by atoms with Crippen LogP contribution in [0.15, 0.2) is 54.6 Å². The highest BCUT2D eigenvalue weighted by molar-refractivity contribution is 5.36. The zero-order chi connectivity index (χ0) is 13.0. The van der Waals surface area contributed by atoms with Crippen LogP contribution in [0.2, 0.25) is 0 Å². The number of ether oxygens (including phenoxy) is 1. The van der Waals surface area contributed by atoms with E-state index in [0.717, 1.165) is 0 Å². The molecule has 94 valence electrons. The molecule has 0 aliphatic carbocycles. The van der Waals surface area contributed by atoms with Gasteiger partial charge < -0.3 is 9.84 Å². The van der Waals surface area contributed by atoms with Crippen molar-refractivity contribution in [2.45, 2.75) is 5.60 Å². The minimum absolute atomic E-state index is 0.0699. The Bertz CT molecular complexity index is 513. The molecule has 3 heteroatoms. The number of aliphatic hydroxyl groups is 1. The molecule has 2 nitrogen and oxygen atoms in total. The number of benzene rings is 2. The van der Waals surface area contributed by atoms with Crippen molar-refractivity contribution in [1.82, 2.24) is 0 Å². The van der Waals surface area contributed by atoms with Crippen LogP contribution in [0.1, 0.15) is 11.1 Å². The molecule has 0 saturated heterocycles. The van der Waals surface area contributed by atoms with Crippen molar-refractivity contribution < 1.29 is 14.2 Å². The summed E-state index contributed by atoms with van der Waals surface area (Å²) in [6.45, 7) is 0.0699. The smallest absolute Gasteiger partial charge is 0.138 e. The van der Waals surface area contributed by atoms with Gasteiger partial charge in [0.15, 0.2) is 0 Å². The molecule has 0 aliphatic heterocycles. The average Bonchev–Trinajstić information content (AvgIpc) is 2.40. The summed E-state index contributed by atoms with van der Waals surface area (Å²) in [6, 6.07) is 15.1. The normalized spacial score (nSPS) is 14.2. The molecule has 2 aromatic carbocycles. The van der Waals surface area contributed by atoms with Crippen LogP contribution >= 0.6 is 0 Å². The maximum absolute atomic E-state index is 13.3. The second kappa shape index (κ2) is 5.29. The van der Waals surface area contributed by atoms with Crippen molar-refractivity contribution in [3.05, 3.63) is 71.5 Å². The van der Waals surface area contributed by atoms with Crippen LogP contribution in [0, 0.1) is 5.82 Å². The largest absolute Gasteiger partial charge is 0.381 e. The Balaban J connectivity index is 2.50. The lowest BCUT2D eigenvalue weighted by molar-refractivity contribution is -0.00347. The highest BCUT2D eigenvalue weighted by Gasteiger charge is 2.31. The first-order valence-corrected chi connectivity index (χ1v) is 5.70. The lowest BCUT2D eigenvalue weighted by Gasteiger charge is -2.28. The van der Waals surface area contributed by atoms with Gasteiger partial charge >= 0.3 is 0 Å². The summed E-state index contributed by atoms with van der Waals surface area (Å²) in [5.74, 6) is -0.377. The zero-order valence-corrected chi connectivity index (χ0v) is 10.1. The van der Waals surface area contributed by atoms with Crippen molar-refractivity contribution in [1.29, 1.82) is 0 Å². The highest BCUT2D eigenvalue weighted by atomic mass is 19.1. The molecule has 0 fully saturated rings. The van der Waals surface area contributed by atoms with Crippen molar-refractivity contribution in [3.8, 4) is 0 Å². The number of halogens is 1. The third-order valence-electron chi connectivity index (χ3n) is 2.91. The van der Waals surface area contributed by atoms with Crippen molar-refractivity contribution in [2.75, 3.05) is 13.7 Å². The van der Waals surface area contributed by atoms with E-state index >= 15 is 0 Å². The highest BCUT2D eigenvalue weighted by Crippen LogP contribution is 2.30. The van der Waals surface area contributed by atoms with Crippen molar-refractivity contribution >= 4 is 0 Å². The van der Waals surface area contributed by atoms with E-state index in [1.807, 2.05) is 18.2 Å². The molecule has 0 bridgehead atoms. The fourth-order valence-electron chi connectivity index (χ4n) is 2.00. The summed E-state index contributed by atoms with van der Waals surface area (Å²) in [4.78, 5) is 0. The summed E-state index contributed by atoms with van der Waals surface area (Å²) in [6.07, 6.45) is 0. The predicted octanol–water partition coefficient (Wildman–Crippen LogP) is 2.71. The molecule has 2 aromatic rings. The van der Waals surface area contributed by atoms with Crippen LogP contribution in [-0.2, 0) is 10.3 Å². The van der Waals surface area contributed by atoms with E-state index < -0.39 is 5.60 Å². The molecule has 0 amide bonds. The first-order chi connectivity index (χ1) is 8.66. The molecule has 0 heterocycles. The fourth-order valence-corrected chi connectivity index (χ4v) is 2.00. The SMILES string of the molecule is COCC(O)(c1ccccc1)c1cccc(F)c1. The number of hydrogen-bond donors (Lipinski definition) is 1. The number of hydrogen-bond acceptors (Lipinski definition) is 2. The second-order valence-electron chi connectivity index (χ2n) is 4.17. The van der Waals surface area contributed by atoms with Crippen LogP contribution in [0.4, 0.5) is 4.39 Å². The Morgan fingerprint density at radius 3 is 2.33 bits per heavy atom. The summed E-state index contributed by atoms with van der Waals surface area (Å²) in [5, 5.41) is 10.8. The molecule has 1 atom stereocenters. The molecule has 1 N–H and O–H groups in total. The molecule has 1 unspecified atom stereocenters. The van der Waals surface area contributed by atoms with Gasteiger partial charge in [-0.1, -0.05) is 42.5 Å². The summed E-state index contributed by atoms with van der Waals surface area (Å²) < 4.78 is 18.4. The van der Waals surface area contributed by atoms with Crippen molar-refractivity contribution in [3.63, 3.8) is 0 Å². The predicted molar refractivity (Wildman–Crippen MR) is 67.7 cm³/mol. The van der Waals surface area contributed by atoms with Crippen LogP contribution < -0.4 is 0 Å². The quantitative estimate of drug-likeness (QED) is 0.898. The molecule has 18 heavy (non-hydrogen) atoms. The summed E-state index contributed by atoms with van der Waals surface area (Å²) >= 11 is 0. The van der Waals surface area contributed by atoms with E-state index in [1.54, 1.807) is 24.3 Å². The molecular weight excluding hydrogens is 231 g/mol.